The van der Waals surface area contributed by atoms with Gasteiger partial charge in [-0.2, -0.15) is 15.4 Å². The van der Waals surface area contributed by atoms with E-state index in [0.717, 1.165) is 0 Å². The van der Waals surface area contributed by atoms with Crippen LogP contribution in [0.3, 0.4) is 0 Å². The SMILES string of the molecule is Cn1cc(Cl)cc1C(=O)N1CCC[C@](O)(c2cn[nH]n2)C1. The van der Waals surface area contributed by atoms with E-state index in [4.69, 9.17) is 11.6 Å². The van der Waals surface area contributed by atoms with Crippen molar-refractivity contribution in [1.82, 2.24) is 24.9 Å². The molecule has 21 heavy (non-hydrogen) atoms. The molecular formula is C13H16ClN5O2. The third kappa shape index (κ3) is 2.54. The van der Waals surface area contributed by atoms with Gasteiger partial charge < -0.3 is 14.6 Å². The summed E-state index contributed by atoms with van der Waals surface area (Å²) in [6, 6.07) is 1.63. The molecule has 0 aliphatic carbocycles. The van der Waals surface area contributed by atoms with Crippen molar-refractivity contribution in [2.24, 2.45) is 7.05 Å². The molecule has 7 nitrogen and oxygen atoms in total. The molecule has 1 fully saturated rings. The van der Waals surface area contributed by atoms with Gasteiger partial charge in [-0.05, 0) is 18.9 Å². The van der Waals surface area contributed by atoms with Gasteiger partial charge in [0, 0.05) is 19.8 Å². The summed E-state index contributed by atoms with van der Waals surface area (Å²) >= 11 is 5.92. The Balaban J connectivity index is 1.83. The minimum Gasteiger partial charge on any atom is -0.382 e. The highest BCUT2D eigenvalue weighted by atomic mass is 35.5. The van der Waals surface area contributed by atoms with E-state index in [1.165, 1.54) is 6.20 Å². The van der Waals surface area contributed by atoms with Gasteiger partial charge in [-0.25, -0.2) is 0 Å². The van der Waals surface area contributed by atoms with Crippen molar-refractivity contribution in [3.05, 3.63) is 34.9 Å². The first-order valence-corrected chi connectivity index (χ1v) is 7.07. The molecule has 1 saturated heterocycles. The topological polar surface area (TPSA) is 87.0 Å². The molecule has 1 amide bonds. The summed E-state index contributed by atoms with van der Waals surface area (Å²) in [5.41, 5.74) is -0.190. The van der Waals surface area contributed by atoms with Crippen molar-refractivity contribution >= 4 is 17.5 Å². The smallest absolute Gasteiger partial charge is 0.270 e. The van der Waals surface area contributed by atoms with E-state index >= 15 is 0 Å². The van der Waals surface area contributed by atoms with Crippen LogP contribution in [-0.4, -0.2) is 49.0 Å². The zero-order valence-corrected chi connectivity index (χ0v) is 12.3. The summed E-state index contributed by atoms with van der Waals surface area (Å²) in [5, 5.41) is 21.4. The Kier molecular flexibility index (Phi) is 3.46. The lowest BCUT2D eigenvalue weighted by atomic mass is 9.90. The lowest BCUT2D eigenvalue weighted by molar-refractivity contribution is -0.0322. The Morgan fingerprint density at radius 2 is 2.38 bits per heavy atom. The van der Waals surface area contributed by atoms with Crippen molar-refractivity contribution in [1.29, 1.82) is 0 Å². The third-order valence-corrected chi connectivity index (χ3v) is 4.05. The van der Waals surface area contributed by atoms with Crippen LogP contribution in [0.15, 0.2) is 18.5 Å². The van der Waals surface area contributed by atoms with Crippen LogP contribution in [0.5, 0.6) is 0 Å². The predicted octanol–water partition coefficient (Wildman–Crippen LogP) is 0.920. The molecule has 3 heterocycles. The summed E-state index contributed by atoms with van der Waals surface area (Å²) in [5.74, 6) is -0.147. The number of halogens is 1. The van der Waals surface area contributed by atoms with Crippen LogP contribution in [0.25, 0.3) is 0 Å². The van der Waals surface area contributed by atoms with Crippen molar-refractivity contribution in [3.63, 3.8) is 0 Å². The van der Waals surface area contributed by atoms with Gasteiger partial charge in [0.15, 0.2) is 0 Å². The number of hydrogen-bond donors (Lipinski definition) is 2. The first kappa shape index (κ1) is 14.1. The van der Waals surface area contributed by atoms with Gasteiger partial charge in [-0.1, -0.05) is 11.6 Å². The van der Waals surface area contributed by atoms with E-state index in [1.807, 2.05) is 0 Å². The van der Waals surface area contributed by atoms with Crippen LogP contribution in [-0.2, 0) is 12.6 Å². The average molecular weight is 310 g/mol. The van der Waals surface area contributed by atoms with E-state index in [0.29, 0.717) is 35.8 Å². The van der Waals surface area contributed by atoms with Crippen molar-refractivity contribution in [3.8, 4) is 0 Å². The number of piperidine rings is 1. The average Bonchev–Trinajstić information content (AvgIpc) is 3.08. The van der Waals surface area contributed by atoms with E-state index in [9.17, 15) is 9.90 Å². The fraction of sp³-hybridized carbons (Fsp3) is 0.462. The fourth-order valence-electron chi connectivity index (χ4n) is 2.74. The van der Waals surface area contributed by atoms with Crippen LogP contribution in [0.4, 0.5) is 0 Å². The highest BCUT2D eigenvalue weighted by Crippen LogP contribution is 2.30. The third-order valence-electron chi connectivity index (χ3n) is 3.84. The molecule has 0 spiro atoms. The van der Waals surface area contributed by atoms with Gasteiger partial charge >= 0.3 is 0 Å². The maximum absolute atomic E-state index is 12.6. The number of rotatable bonds is 2. The normalized spacial score (nSPS) is 22.5. The zero-order chi connectivity index (χ0) is 15.0. The molecule has 1 aliphatic heterocycles. The number of amides is 1. The monoisotopic (exact) mass is 309 g/mol. The van der Waals surface area contributed by atoms with Crippen molar-refractivity contribution in [2.45, 2.75) is 18.4 Å². The molecule has 0 aromatic carbocycles. The van der Waals surface area contributed by atoms with Gasteiger partial charge in [0.2, 0.25) is 0 Å². The number of nitrogens with zero attached hydrogens (tertiary/aromatic N) is 4. The van der Waals surface area contributed by atoms with Gasteiger partial charge in [0.05, 0.1) is 17.8 Å². The second-order valence-corrected chi connectivity index (χ2v) is 5.81. The Bertz CT molecular complexity index is 654. The van der Waals surface area contributed by atoms with Gasteiger partial charge in [-0.15, -0.1) is 0 Å². The number of aromatic amines is 1. The van der Waals surface area contributed by atoms with Gasteiger partial charge in [0.25, 0.3) is 5.91 Å². The second-order valence-electron chi connectivity index (χ2n) is 5.37. The summed E-state index contributed by atoms with van der Waals surface area (Å²) in [6.07, 6.45) is 4.43. The molecule has 1 aliphatic rings. The Morgan fingerprint density at radius 1 is 1.57 bits per heavy atom. The molecule has 0 radical (unpaired) electrons. The number of nitrogens with one attached hydrogen (secondary N) is 1. The number of likely N-dealkylation sites (tertiary alicyclic amines) is 1. The summed E-state index contributed by atoms with van der Waals surface area (Å²) in [4.78, 5) is 14.2. The van der Waals surface area contributed by atoms with Crippen LogP contribution in [0, 0.1) is 0 Å². The van der Waals surface area contributed by atoms with Gasteiger partial charge in [0.1, 0.15) is 17.0 Å². The number of hydrogen-bond acceptors (Lipinski definition) is 4. The molecule has 3 rings (SSSR count). The molecule has 0 saturated carbocycles. The molecule has 0 bridgehead atoms. The Morgan fingerprint density at radius 3 is 3.00 bits per heavy atom. The highest BCUT2D eigenvalue weighted by molar-refractivity contribution is 6.31. The first-order chi connectivity index (χ1) is 9.99. The molecular weight excluding hydrogens is 294 g/mol. The van der Waals surface area contributed by atoms with E-state index in [-0.39, 0.29) is 12.5 Å². The van der Waals surface area contributed by atoms with Crippen molar-refractivity contribution < 1.29 is 9.90 Å². The van der Waals surface area contributed by atoms with E-state index in [2.05, 4.69) is 15.4 Å². The molecule has 2 N–H and O–H groups in total. The molecule has 2 aromatic rings. The summed E-state index contributed by atoms with van der Waals surface area (Å²) in [7, 11) is 1.77. The largest absolute Gasteiger partial charge is 0.382 e. The van der Waals surface area contributed by atoms with Crippen LogP contribution in [0.2, 0.25) is 5.02 Å². The number of aromatic nitrogens is 4. The minimum absolute atomic E-state index is 0.147. The fourth-order valence-corrected chi connectivity index (χ4v) is 2.99. The van der Waals surface area contributed by atoms with E-state index < -0.39 is 5.60 Å². The van der Waals surface area contributed by atoms with Gasteiger partial charge in [-0.3, -0.25) is 4.79 Å². The quantitative estimate of drug-likeness (QED) is 0.863. The second kappa shape index (κ2) is 5.16. The van der Waals surface area contributed by atoms with Crippen molar-refractivity contribution in [2.75, 3.05) is 13.1 Å². The highest BCUT2D eigenvalue weighted by Gasteiger charge is 2.39. The zero-order valence-electron chi connectivity index (χ0n) is 11.6. The standard InChI is InChI=1S/C13H16ClN5O2/c1-18-7-9(14)5-10(18)12(20)19-4-2-3-13(21,8-19)11-6-15-17-16-11/h5-7,21H,2-4,8H2,1H3,(H,15,16,17)/t13-/m1/s1. The molecule has 2 aromatic heterocycles. The lowest BCUT2D eigenvalue weighted by Crippen LogP contribution is -2.49. The van der Waals surface area contributed by atoms with Crippen LogP contribution < -0.4 is 0 Å². The first-order valence-electron chi connectivity index (χ1n) is 6.69. The molecule has 112 valence electrons. The molecule has 1 atom stereocenters. The Labute approximate surface area is 126 Å². The van der Waals surface area contributed by atoms with E-state index in [1.54, 1.807) is 28.8 Å². The minimum atomic E-state index is -1.16. The maximum atomic E-state index is 12.6. The molecule has 0 unspecified atom stereocenters. The summed E-state index contributed by atoms with van der Waals surface area (Å²) < 4.78 is 1.69. The molecule has 8 heteroatoms. The number of β-amino-alcohol motifs (C(OH)–C–C–N with tert-alkyl or cyclic N) is 1. The van der Waals surface area contributed by atoms with Crippen LogP contribution >= 0.6 is 11.6 Å². The number of carbonyl (C=O) groups is 1. The number of H-pyrrole nitrogens is 1. The maximum Gasteiger partial charge on any atom is 0.270 e. The Hall–Kier alpha value is -1.86. The summed E-state index contributed by atoms with van der Waals surface area (Å²) in [6.45, 7) is 0.795. The number of aryl methyl sites for hydroxylation is 1. The predicted molar refractivity (Wildman–Crippen MR) is 75.8 cm³/mol. The lowest BCUT2D eigenvalue weighted by Gasteiger charge is -2.37. The number of aliphatic hydroxyl groups is 1. The van der Waals surface area contributed by atoms with Crippen LogP contribution in [0.1, 0.15) is 29.0 Å². The number of carbonyl (C=O) groups excluding carboxylic acids is 1.